The zero-order valence-corrected chi connectivity index (χ0v) is 14.4. The summed E-state index contributed by atoms with van der Waals surface area (Å²) < 4.78 is 48.1. The minimum atomic E-state index is -4.41. The molecule has 0 N–H and O–H groups in total. The molecule has 2 aromatic carbocycles. The third kappa shape index (κ3) is 4.05. The first-order valence-corrected chi connectivity index (χ1v) is 8.11. The van der Waals surface area contributed by atoms with Crippen molar-refractivity contribution in [3.63, 3.8) is 0 Å². The first-order valence-electron chi connectivity index (χ1n) is 8.11. The van der Waals surface area contributed by atoms with E-state index in [0.717, 1.165) is 12.1 Å². The molecule has 0 aliphatic carbocycles. The van der Waals surface area contributed by atoms with E-state index in [1.54, 1.807) is 6.07 Å². The highest BCUT2D eigenvalue weighted by Crippen LogP contribution is 2.33. The first-order chi connectivity index (χ1) is 12.8. The van der Waals surface area contributed by atoms with E-state index in [9.17, 15) is 22.8 Å². The van der Waals surface area contributed by atoms with Crippen LogP contribution in [0.2, 0.25) is 0 Å². The van der Waals surface area contributed by atoms with Crippen LogP contribution in [-0.4, -0.2) is 32.1 Å². The molecule has 0 saturated heterocycles. The lowest BCUT2D eigenvalue weighted by Crippen LogP contribution is -2.39. The van der Waals surface area contributed by atoms with Crippen LogP contribution >= 0.6 is 0 Å². The molecule has 1 aliphatic rings. The Morgan fingerprint density at radius 1 is 1.15 bits per heavy atom. The Labute approximate surface area is 153 Å². The molecule has 142 valence electrons. The van der Waals surface area contributed by atoms with Crippen molar-refractivity contribution in [1.82, 2.24) is 0 Å². The second-order valence-electron chi connectivity index (χ2n) is 5.94. The van der Waals surface area contributed by atoms with Gasteiger partial charge in [0.15, 0.2) is 0 Å². The number of carbonyl (C=O) groups excluding carboxylic acids is 2. The van der Waals surface area contributed by atoms with Crippen molar-refractivity contribution in [3.8, 4) is 5.75 Å². The fraction of sp³-hybridized carbons (Fsp3) is 0.263. The molecule has 0 aromatic heterocycles. The summed E-state index contributed by atoms with van der Waals surface area (Å²) in [6.07, 6.45) is -4.46. The van der Waals surface area contributed by atoms with Crippen molar-refractivity contribution in [2.75, 3.05) is 25.2 Å². The molecule has 0 unspecified atom stereocenters. The van der Waals surface area contributed by atoms with Crippen molar-refractivity contribution < 1.29 is 32.2 Å². The highest BCUT2D eigenvalue weighted by molar-refractivity contribution is 5.98. The second kappa shape index (κ2) is 7.30. The number of methoxy groups -OCH3 is 1. The molecular formula is C19H16F3NO4. The second-order valence-corrected chi connectivity index (χ2v) is 5.94. The number of carbonyl (C=O) groups is 2. The van der Waals surface area contributed by atoms with Crippen LogP contribution in [0.15, 0.2) is 42.5 Å². The van der Waals surface area contributed by atoms with Gasteiger partial charge in [-0.05, 0) is 35.9 Å². The molecule has 0 spiro atoms. The Kier molecular flexibility index (Phi) is 5.07. The lowest BCUT2D eigenvalue weighted by molar-refractivity contribution is -0.137. The van der Waals surface area contributed by atoms with Crippen LogP contribution in [-0.2, 0) is 22.1 Å². The zero-order chi connectivity index (χ0) is 19.6. The molecule has 0 atom stereocenters. The normalized spacial score (nSPS) is 13.6. The van der Waals surface area contributed by atoms with Crippen molar-refractivity contribution in [3.05, 3.63) is 59.2 Å². The average Bonchev–Trinajstić information content (AvgIpc) is 2.66. The van der Waals surface area contributed by atoms with Gasteiger partial charge in [-0.25, -0.2) is 4.79 Å². The van der Waals surface area contributed by atoms with Gasteiger partial charge in [0.25, 0.3) is 0 Å². The summed E-state index contributed by atoms with van der Waals surface area (Å²) in [4.78, 5) is 25.8. The molecule has 1 heterocycles. The van der Waals surface area contributed by atoms with Gasteiger partial charge in [0.2, 0.25) is 5.91 Å². The van der Waals surface area contributed by atoms with Gasteiger partial charge in [-0.15, -0.1) is 0 Å². The highest BCUT2D eigenvalue weighted by atomic mass is 19.4. The number of hydrogen-bond acceptors (Lipinski definition) is 4. The number of ether oxygens (including phenoxy) is 2. The minimum Gasteiger partial charge on any atom is -0.490 e. The van der Waals surface area contributed by atoms with E-state index >= 15 is 0 Å². The summed E-state index contributed by atoms with van der Waals surface area (Å²) in [5, 5.41) is 0. The Morgan fingerprint density at radius 3 is 2.48 bits per heavy atom. The van der Waals surface area contributed by atoms with Gasteiger partial charge in [0, 0.05) is 0 Å². The highest BCUT2D eigenvalue weighted by Gasteiger charge is 2.30. The first kappa shape index (κ1) is 18.8. The molecule has 0 radical (unpaired) electrons. The molecule has 3 rings (SSSR count). The third-order valence-corrected chi connectivity index (χ3v) is 4.18. The largest absolute Gasteiger partial charge is 0.490 e. The monoisotopic (exact) mass is 379 g/mol. The maximum atomic E-state index is 12.6. The number of rotatable bonds is 3. The predicted octanol–water partition coefficient (Wildman–Crippen LogP) is 3.46. The van der Waals surface area contributed by atoms with E-state index in [-0.39, 0.29) is 18.9 Å². The number of halogens is 3. The Morgan fingerprint density at radius 2 is 1.85 bits per heavy atom. The van der Waals surface area contributed by atoms with Gasteiger partial charge in [-0.1, -0.05) is 12.1 Å². The van der Waals surface area contributed by atoms with Crippen LogP contribution in [0, 0.1) is 0 Å². The SMILES string of the molecule is COC(=O)c1ccc2c(c1)OCCN2C(=O)Cc1ccc(C(F)(F)F)cc1. The summed E-state index contributed by atoms with van der Waals surface area (Å²) in [6.45, 7) is 0.556. The summed E-state index contributed by atoms with van der Waals surface area (Å²) in [7, 11) is 1.27. The lowest BCUT2D eigenvalue weighted by atomic mass is 10.1. The summed E-state index contributed by atoms with van der Waals surface area (Å²) in [5.41, 5.74) is 0.525. The van der Waals surface area contributed by atoms with Crippen LogP contribution in [0.5, 0.6) is 5.75 Å². The molecular weight excluding hydrogens is 363 g/mol. The van der Waals surface area contributed by atoms with Crippen LogP contribution < -0.4 is 9.64 Å². The molecule has 8 heteroatoms. The Balaban J connectivity index is 1.78. The van der Waals surface area contributed by atoms with E-state index < -0.39 is 17.7 Å². The van der Waals surface area contributed by atoms with Gasteiger partial charge in [0.05, 0.1) is 36.9 Å². The fourth-order valence-electron chi connectivity index (χ4n) is 2.81. The molecule has 27 heavy (non-hydrogen) atoms. The zero-order valence-electron chi connectivity index (χ0n) is 14.4. The van der Waals surface area contributed by atoms with Gasteiger partial charge >= 0.3 is 12.1 Å². The number of esters is 1. The molecule has 0 fully saturated rings. The van der Waals surface area contributed by atoms with Crippen LogP contribution in [0.25, 0.3) is 0 Å². The number of anilines is 1. The van der Waals surface area contributed by atoms with E-state index in [2.05, 4.69) is 4.74 Å². The van der Waals surface area contributed by atoms with Gasteiger partial charge in [-0.3, -0.25) is 4.79 Å². The number of hydrogen-bond donors (Lipinski definition) is 0. The number of fused-ring (bicyclic) bond motifs is 1. The molecule has 1 amide bonds. The smallest absolute Gasteiger partial charge is 0.416 e. The lowest BCUT2D eigenvalue weighted by Gasteiger charge is -2.30. The maximum Gasteiger partial charge on any atom is 0.416 e. The van der Waals surface area contributed by atoms with Crippen LogP contribution in [0.3, 0.4) is 0 Å². The molecule has 0 bridgehead atoms. The minimum absolute atomic E-state index is 0.0453. The third-order valence-electron chi connectivity index (χ3n) is 4.18. The Hall–Kier alpha value is -3.03. The van der Waals surface area contributed by atoms with Crippen molar-refractivity contribution in [2.45, 2.75) is 12.6 Å². The number of nitrogens with zero attached hydrogens (tertiary/aromatic N) is 1. The number of amides is 1. The van der Waals surface area contributed by atoms with Gasteiger partial charge < -0.3 is 14.4 Å². The van der Waals surface area contributed by atoms with E-state index in [1.807, 2.05) is 0 Å². The maximum absolute atomic E-state index is 12.6. The van der Waals surface area contributed by atoms with Crippen molar-refractivity contribution in [1.29, 1.82) is 0 Å². The van der Waals surface area contributed by atoms with Crippen LogP contribution in [0.4, 0.5) is 18.9 Å². The standard InChI is InChI=1S/C19H16F3NO4/c1-26-18(25)13-4-7-15-16(11-13)27-9-8-23(15)17(24)10-12-2-5-14(6-3-12)19(20,21)22/h2-7,11H,8-10H2,1H3. The quantitative estimate of drug-likeness (QED) is 0.767. The topological polar surface area (TPSA) is 55.8 Å². The van der Waals surface area contributed by atoms with Crippen LogP contribution in [0.1, 0.15) is 21.5 Å². The van der Waals surface area contributed by atoms with Crippen molar-refractivity contribution >= 4 is 17.6 Å². The number of benzene rings is 2. The molecule has 5 nitrogen and oxygen atoms in total. The molecule has 0 saturated carbocycles. The van der Waals surface area contributed by atoms with E-state index in [4.69, 9.17) is 4.74 Å². The Bertz CT molecular complexity index is 862. The summed E-state index contributed by atoms with van der Waals surface area (Å²) in [5.74, 6) is -0.412. The van der Waals surface area contributed by atoms with E-state index in [0.29, 0.717) is 29.1 Å². The molecule has 2 aromatic rings. The summed E-state index contributed by atoms with van der Waals surface area (Å²) in [6, 6.07) is 9.11. The number of alkyl halides is 3. The fourth-order valence-corrected chi connectivity index (χ4v) is 2.81. The van der Waals surface area contributed by atoms with Gasteiger partial charge in [0.1, 0.15) is 12.4 Å². The molecule has 1 aliphatic heterocycles. The van der Waals surface area contributed by atoms with E-state index in [1.165, 1.54) is 36.3 Å². The average molecular weight is 379 g/mol. The van der Waals surface area contributed by atoms with Gasteiger partial charge in [-0.2, -0.15) is 13.2 Å². The van der Waals surface area contributed by atoms with Crippen molar-refractivity contribution in [2.24, 2.45) is 0 Å². The predicted molar refractivity (Wildman–Crippen MR) is 90.8 cm³/mol. The summed E-state index contributed by atoms with van der Waals surface area (Å²) >= 11 is 0.